The molecule has 0 unspecified atom stereocenters. The quantitative estimate of drug-likeness (QED) is 0.713. The molecule has 0 atom stereocenters. The molecule has 0 spiro atoms. The Hall–Kier alpha value is -0.610. The van der Waals surface area contributed by atoms with Crippen LogP contribution in [0.4, 0.5) is 5.13 Å². The summed E-state index contributed by atoms with van der Waals surface area (Å²) >= 11 is 1.95. The number of likely N-dealkylation sites (N-methyl/N-ethyl adjacent to an activating group) is 1. The van der Waals surface area contributed by atoms with Crippen molar-refractivity contribution in [3.8, 4) is 0 Å². The van der Waals surface area contributed by atoms with Crippen molar-refractivity contribution in [3.05, 3.63) is 10.6 Å². The normalized spacial score (nSPS) is 22.3. The van der Waals surface area contributed by atoms with E-state index in [4.69, 9.17) is 4.98 Å². The van der Waals surface area contributed by atoms with Gasteiger partial charge in [0.05, 0.1) is 5.69 Å². The summed E-state index contributed by atoms with van der Waals surface area (Å²) in [5.41, 5.74) is 1.40. The molecule has 0 bridgehead atoms. The number of fused-ring (bicyclic) bond motifs is 1. The molecule has 3 rings (SSSR count). The Morgan fingerprint density at radius 2 is 1.76 bits per heavy atom. The van der Waals surface area contributed by atoms with Gasteiger partial charge in [-0.15, -0.1) is 11.3 Å². The number of piperazine rings is 1. The van der Waals surface area contributed by atoms with E-state index in [-0.39, 0.29) is 0 Å². The zero-order chi connectivity index (χ0) is 11.7. The third-order valence-electron chi connectivity index (χ3n) is 3.86. The van der Waals surface area contributed by atoms with Crippen molar-refractivity contribution in [3.63, 3.8) is 0 Å². The largest absolute Gasteiger partial charge is 0.346 e. The smallest absolute Gasteiger partial charge is 0.185 e. The molecule has 3 nitrogen and oxygen atoms in total. The lowest BCUT2D eigenvalue weighted by Crippen LogP contribution is -2.44. The van der Waals surface area contributed by atoms with Gasteiger partial charge in [0.15, 0.2) is 5.13 Å². The molecule has 0 radical (unpaired) electrons. The molecule has 0 aromatic carbocycles. The van der Waals surface area contributed by atoms with Crippen molar-refractivity contribution < 1.29 is 0 Å². The maximum Gasteiger partial charge on any atom is 0.185 e. The molecule has 2 heterocycles. The summed E-state index contributed by atoms with van der Waals surface area (Å²) in [5, 5.41) is 1.28. The number of aryl methyl sites for hydroxylation is 2. The van der Waals surface area contributed by atoms with Gasteiger partial charge < -0.3 is 9.80 Å². The number of anilines is 1. The zero-order valence-corrected chi connectivity index (χ0v) is 11.4. The molecule has 1 fully saturated rings. The van der Waals surface area contributed by atoms with Gasteiger partial charge in [0, 0.05) is 31.1 Å². The summed E-state index contributed by atoms with van der Waals surface area (Å²) in [6.07, 6.45) is 6.55. The Kier molecular flexibility index (Phi) is 3.34. The standard InChI is InChI=1S/C13H21N3S/c1-15-7-9-16(10-8-15)13-14-11-5-3-2-4-6-12(11)17-13/h2-10H2,1H3. The van der Waals surface area contributed by atoms with Crippen molar-refractivity contribution in [2.75, 3.05) is 38.1 Å². The van der Waals surface area contributed by atoms with Crippen LogP contribution in [-0.2, 0) is 12.8 Å². The molecule has 1 aliphatic heterocycles. The Bertz CT molecular complexity index is 357. The fourth-order valence-corrected chi connectivity index (χ4v) is 3.85. The van der Waals surface area contributed by atoms with Gasteiger partial charge in [-0.05, 0) is 32.7 Å². The van der Waals surface area contributed by atoms with E-state index >= 15 is 0 Å². The SMILES string of the molecule is CN1CCN(c2nc3c(s2)CCCCC3)CC1. The molecular formula is C13H21N3S. The van der Waals surface area contributed by atoms with Crippen LogP contribution in [0.3, 0.4) is 0 Å². The highest BCUT2D eigenvalue weighted by molar-refractivity contribution is 7.15. The zero-order valence-electron chi connectivity index (χ0n) is 10.6. The van der Waals surface area contributed by atoms with E-state index in [1.807, 2.05) is 11.3 Å². The third-order valence-corrected chi connectivity index (χ3v) is 5.08. The maximum atomic E-state index is 4.89. The Balaban J connectivity index is 1.75. The molecular weight excluding hydrogens is 230 g/mol. The number of aromatic nitrogens is 1. The van der Waals surface area contributed by atoms with E-state index in [0.717, 1.165) is 13.1 Å². The fraction of sp³-hybridized carbons (Fsp3) is 0.769. The van der Waals surface area contributed by atoms with Crippen LogP contribution in [0.25, 0.3) is 0 Å². The number of nitrogens with zero attached hydrogens (tertiary/aromatic N) is 3. The molecule has 4 heteroatoms. The first kappa shape index (κ1) is 11.5. The minimum Gasteiger partial charge on any atom is -0.346 e. The molecule has 1 aromatic rings. The molecule has 2 aliphatic rings. The Morgan fingerprint density at radius 1 is 1.00 bits per heavy atom. The molecule has 17 heavy (non-hydrogen) atoms. The van der Waals surface area contributed by atoms with Crippen molar-refractivity contribution in [2.24, 2.45) is 0 Å². The van der Waals surface area contributed by atoms with E-state index in [2.05, 4.69) is 16.8 Å². The highest BCUT2D eigenvalue weighted by Gasteiger charge is 2.20. The summed E-state index contributed by atoms with van der Waals surface area (Å²) in [6.45, 7) is 4.63. The first-order valence-corrected chi connectivity index (χ1v) is 7.56. The topological polar surface area (TPSA) is 19.4 Å². The van der Waals surface area contributed by atoms with Crippen LogP contribution in [0.5, 0.6) is 0 Å². The molecule has 0 saturated carbocycles. The summed E-state index contributed by atoms with van der Waals surface area (Å²) in [4.78, 5) is 11.3. The molecule has 0 amide bonds. The second-order valence-electron chi connectivity index (χ2n) is 5.22. The van der Waals surface area contributed by atoms with Crippen molar-refractivity contribution in [2.45, 2.75) is 32.1 Å². The summed E-state index contributed by atoms with van der Waals surface area (Å²) in [7, 11) is 2.20. The molecule has 94 valence electrons. The van der Waals surface area contributed by atoms with Gasteiger partial charge in [-0.3, -0.25) is 0 Å². The number of thiazole rings is 1. The maximum absolute atomic E-state index is 4.89. The number of hydrogen-bond acceptors (Lipinski definition) is 4. The average Bonchev–Trinajstić information content (AvgIpc) is 2.62. The van der Waals surface area contributed by atoms with Crippen molar-refractivity contribution >= 4 is 16.5 Å². The second-order valence-corrected chi connectivity index (χ2v) is 6.28. The molecule has 1 saturated heterocycles. The minimum absolute atomic E-state index is 1.14. The molecule has 1 aromatic heterocycles. The highest BCUT2D eigenvalue weighted by Crippen LogP contribution is 2.31. The van der Waals surface area contributed by atoms with Gasteiger partial charge in [0.1, 0.15) is 0 Å². The van der Waals surface area contributed by atoms with E-state index in [1.54, 1.807) is 4.88 Å². The first-order valence-electron chi connectivity index (χ1n) is 6.75. The Morgan fingerprint density at radius 3 is 2.59 bits per heavy atom. The van der Waals surface area contributed by atoms with E-state index < -0.39 is 0 Å². The van der Waals surface area contributed by atoms with Crippen LogP contribution in [-0.4, -0.2) is 43.1 Å². The van der Waals surface area contributed by atoms with Crippen molar-refractivity contribution in [1.29, 1.82) is 0 Å². The Labute approximate surface area is 107 Å². The van der Waals surface area contributed by atoms with Gasteiger partial charge in [-0.2, -0.15) is 0 Å². The van der Waals surface area contributed by atoms with E-state index in [1.165, 1.54) is 56.0 Å². The van der Waals surface area contributed by atoms with Crippen LogP contribution in [0.2, 0.25) is 0 Å². The van der Waals surface area contributed by atoms with Crippen LogP contribution in [0, 0.1) is 0 Å². The van der Waals surface area contributed by atoms with Crippen LogP contribution in [0.1, 0.15) is 29.8 Å². The third kappa shape index (κ3) is 2.47. The van der Waals surface area contributed by atoms with E-state index in [9.17, 15) is 0 Å². The van der Waals surface area contributed by atoms with Gasteiger partial charge >= 0.3 is 0 Å². The van der Waals surface area contributed by atoms with Crippen LogP contribution >= 0.6 is 11.3 Å². The number of rotatable bonds is 1. The van der Waals surface area contributed by atoms with Gasteiger partial charge in [-0.1, -0.05) is 6.42 Å². The predicted octanol–water partition coefficient (Wildman–Crippen LogP) is 2.16. The van der Waals surface area contributed by atoms with Crippen molar-refractivity contribution in [1.82, 2.24) is 9.88 Å². The predicted molar refractivity (Wildman–Crippen MR) is 73.1 cm³/mol. The summed E-state index contributed by atoms with van der Waals surface area (Å²) in [6, 6.07) is 0. The number of hydrogen-bond donors (Lipinski definition) is 0. The van der Waals surface area contributed by atoms with Gasteiger partial charge in [0.2, 0.25) is 0 Å². The fourth-order valence-electron chi connectivity index (χ4n) is 2.65. The van der Waals surface area contributed by atoms with Gasteiger partial charge in [-0.25, -0.2) is 4.98 Å². The lowest BCUT2D eigenvalue weighted by atomic mass is 10.2. The lowest BCUT2D eigenvalue weighted by molar-refractivity contribution is 0.312. The monoisotopic (exact) mass is 251 g/mol. The molecule has 0 N–H and O–H groups in total. The van der Waals surface area contributed by atoms with Crippen LogP contribution < -0.4 is 4.90 Å². The average molecular weight is 251 g/mol. The lowest BCUT2D eigenvalue weighted by Gasteiger charge is -2.32. The minimum atomic E-state index is 1.14. The second kappa shape index (κ2) is 4.94. The highest BCUT2D eigenvalue weighted by atomic mass is 32.1. The first-order chi connectivity index (χ1) is 8.33. The summed E-state index contributed by atoms with van der Waals surface area (Å²) < 4.78 is 0. The van der Waals surface area contributed by atoms with Crippen LogP contribution in [0.15, 0.2) is 0 Å². The van der Waals surface area contributed by atoms with E-state index in [0.29, 0.717) is 0 Å². The van der Waals surface area contributed by atoms with Gasteiger partial charge in [0.25, 0.3) is 0 Å². The molecule has 1 aliphatic carbocycles. The summed E-state index contributed by atoms with van der Waals surface area (Å²) in [5.74, 6) is 0.